The van der Waals surface area contributed by atoms with Crippen LogP contribution in [0.25, 0.3) is 0 Å². The summed E-state index contributed by atoms with van der Waals surface area (Å²) in [7, 11) is 0. The van der Waals surface area contributed by atoms with E-state index in [2.05, 4.69) is 15.5 Å². The van der Waals surface area contributed by atoms with Gasteiger partial charge in [-0.1, -0.05) is 12.1 Å². The van der Waals surface area contributed by atoms with Crippen LogP contribution in [0.3, 0.4) is 0 Å². The van der Waals surface area contributed by atoms with Gasteiger partial charge in [0.25, 0.3) is 5.91 Å². The molecule has 9 heteroatoms. The Morgan fingerprint density at radius 3 is 2.65 bits per heavy atom. The average molecular weight is 357 g/mol. The van der Waals surface area contributed by atoms with E-state index in [0.717, 1.165) is 5.56 Å². The lowest BCUT2D eigenvalue weighted by molar-refractivity contribution is -0.137. The number of carbonyl (C=O) groups excluding carboxylic acids is 1. The van der Waals surface area contributed by atoms with Gasteiger partial charge in [0.2, 0.25) is 0 Å². The second-order valence-electron chi connectivity index (χ2n) is 5.61. The quantitative estimate of drug-likeness (QED) is 0.673. The number of hydrogen-bond acceptors (Lipinski definition) is 4. The first-order chi connectivity index (χ1) is 12.5. The molecule has 26 heavy (non-hydrogen) atoms. The fourth-order valence-corrected chi connectivity index (χ4v) is 2.30. The highest BCUT2D eigenvalue weighted by Crippen LogP contribution is 2.09. The molecule has 0 spiro atoms. The van der Waals surface area contributed by atoms with Gasteiger partial charge in [-0.2, -0.15) is 10.2 Å². The first-order valence-electron chi connectivity index (χ1n) is 7.83. The third kappa shape index (κ3) is 4.53. The molecule has 3 aromatic rings. The van der Waals surface area contributed by atoms with Gasteiger partial charge in [-0.15, -0.1) is 0 Å². The topological polar surface area (TPSA) is 102 Å². The van der Waals surface area contributed by atoms with Crippen LogP contribution >= 0.6 is 0 Å². The summed E-state index contributed by atoms with van der Waals surface area (Å²) < 4.78 is 15.9. The van der Waals surface area contributed by atoms with E-state index in [9.17, 15) is 14.0 Å². The zero-order valence-corrected chi connectivity index (χ0v) is 13.7. The van der Waals surface area contributed by atoms with Crippen molar-refractivity contribution in [3.63, 3.8) is 0 Å². The minimum absolute atomic E-state index is 0.0729. The maximum atomic E-state index is 12.9. The molecule has 0 aliphatic rings. The SMILES string of the molecule is O=C(O)CCn1cc(C(=O)Nc2ccn(Cc3ccc(F)cc3)n2)cn1. The molecule has 8 nitrogen and oxygen atoms in total. The molecule has 0 aliphatic carbocycles. The summed E-state index contributed by atoms with van der Waals surface area (Å²) in [6.45, 7) is 0.637. The summed E-state index contributed by atoms with van der Waals surface area (Å²) in [5, 5.41) is 19.5. The molecule has 1 aromatic carbocycles. The van der Waals surface area contributed by atoms with E-state index in [1.54, 1.807) is 29.1 Å². The minimum Gasteiger partial charge on any atom is -0.481 e. The lowest BCUT2D eigenvalue weighted by atomic mass is 10.2. The molecule has 0 saturated heterocycles. The number of nitrogens with one attached hydrogen (secondary N) is 1. The van der Waals surface area contributed by atoms with Crippen LogP contribution in [-0.4, -0.2) is 36.5 Å². The number of benzene rings is 1. The molecule has 0 unspecified atom stereocenters. The van der Waals surface area contributed by atoms with Crippen LogP contribution in [0.5, 0.6) is 0 Å². The Balaban J connectivity index is 1.59. The third-order valence-corrected chi connectivity index (χ3v) is 3.59. The van der Waals surface area contributed by atoms with Crippen LogP contribution in [0, 0.1) is 5.82 Å². The van der Waals surface area contributed by atoms with Crippen LogP contribution in [-0.2, 0) is 17.9 Å². The zero-order valence-electron chi connectivity index (χ0n) is 13.7. The Hall–Kier alpha value is -3.49. The fourth-order valence-electron chi connectivity index (χ4n) is 2.30. The summed E-state index contributed by atoms with van der Waals surface area (Å²) in [4.78, 5) is 22.8. The molecule has 3 rings (SSSR count). The largest absolute Gasteiger partial charge is 0.481 e. The number of hydrogen-bond donors (Lipinski definition) is 2. The summed E-state index contributed by atoms with van der Waals surface area (Å²) >= 11 is 0. The van der Waals surface area contributed by atoms with Gasteiger partial charge in [-0.05, 0) is 17.7 Å². The van der Waals surface area contributed by atoms with E-state index in [1.165, 1.54) is 29.2 Å². The maximum Gasteiger partial charge on any atom is 0.305 e. The Morgan fingerprint density at radius 1 is 1.15 bits per heavy atom. The highest BCUT2D eigenvalue weighted by molar-refractivity contribution is 6.03. The van der Waals surface area contributed by atoms with E-state index in [1.807, 2.05) is 0 Å². The third-order valence-electron chi connectivity index (χ3n) is 3.59. The summed E-state index contributed by atoms with van der Waals surface area (Å²) in [5.74, 6) is -1.25. The first-order valence-corrected chi connectivity index (χ1v) is 7.83. The normalized spacial score (nSPS) is 10.7. The molecule has 1 amide bonds. The fraction of sp³-hybridized carbons (Fsp3) is 0.176. The molecule has 0 aliphatic heterocycles. The highest BCUT2D eigenvalue weighted by atomic mass is 19.1. The van der Waals surface area contributed by atoms with Crippen molar-refractivity contribution in [2.24, 2.45) is 0 Å². The van der Waals surface area contributed by atoms with Crippen molar-refractivity contribution in [1.29, 1.82) is 0 Å². The molecule has 2 heterocycles. The Labute approximate surface area is 147 Å². The molecular formula is C17H16FN5O3. The second kappa shape index (κ2) is 7.60. The number of aliphatic carboxylic acids is 1. The second-order valence-corrected chi connectivity index (χ2v) is 5.61. The van der Waals surface area contributed by atoms with Gasteiger partial charge in [-0.3, -0.25) is 19.0 Å². The van der Waals surface area contributed by atoms with Crippen molar-refractivity contribution >= 4 is 17.7 Å². The number of anilines is 1. The first kappa shape index (κ1) is 17.3. The van der Waals surface area contributed by atoms with Crippen LogP contribution in [0.15, 0.2) is 48.9 Å². The van der Waals surface area contributed by atoms with E-state index < -0.39 is 11.9 Å². The molecule has 0 saturated carbocycles. The smallest absolute Gasteiger partial charge is 0.305 e. The highest BCUT2D eigenvalue weighted by Gasteiger charge is 2.11. The zero-order chi connectivity index (χ0) is 18.5. The number of carboxylic acids is 1. The standard InChI is InChI=1S/C17H16FN5O3/c18-14-3-1-12(2-4-14)10-23-7-5-15(21-23)20-17(26)13-9-19-22(11-13)8-6-16(24)25/h1-5,7,9,11H,6,8,10H2,(H,24,25)(H,20,21,26). The number of nitrogens with zero attached hydrogens (tertiary/aromatic N) is 4. The van der Waals surface area contributed by atoms with Crippen LogP contribution in [0.2, 0.25) is 0 Å². The van der Waals surface area contributed by atoms with Crippen molar-refractivity contribution in [1.82, 2.24) is 19.6 Å². The van der Waals surface area contributed by atoms with Crippen molar-refractivity contribution in [3.05, 3.63) is 65.9 Å². The Kier molecular flexibility index (Phi) is 5.07. The van der Waals surface area contributed by atoms with Crippen molar-refractivity contribution < 1.29 is 19.1 Å². The van der Waals surface area contributed by atoms with E-state index in [4.69, 9.17) is 5.11 Å². The number of aromatic nitrogens is 4. The molecule has 0 atom stereocenters. The number of halogens is 1. The van der Waals surface area contributed by atoms with Crippen LogP contribution in [0.4, 0.5) is 10.2 Å². The van der Waals surface area contributed by atoms with E-state index in [-0.39, 0.29) is 18.8 Å². The number of carbonyl (C=O) groups is 2. The van der Waals surface area contributed by atoms with Gasteiger partial charge in [-0.25, -0.2) is 4.39 Å². The van der Waals surface area contributed by atoms with Crippen molar-refractivity contribution in [2.45, 2.75) is 19.5 Å². The molecule has 2 N–H and O–H groups in total. The number of carboxylic acid groups (broad SMARTS) is 1. The van der Waals surface area contributed by atoms with Crippen molar-refractivity contribution in [2.75, 3.05) is 5.32 Å². The predicted molar refractivity (Wildman–Crippen MR) is 90.2 cm³/mol. The lowest BCUT2D eigenvalue weighted by Crippen LogP contribution is -2.12. The van der Waals surface area contributed by atoms with Gasteiger partial charge in [0.05, 0.1) is 31.3 Å². The summed E-state index contributed by atoms with van der Waals surface area (Å²) in [6.07, 6.45) is 4.48. The molecular weight excluding hydrogens is 341 g/mol. The van der Waals surface area contributed by atoms with Crippen LogP contribution < -0.4 is 5.32 Å². The number of rotatable bonds is 7. The monoisotopic (exact) mass is 357 g/mol. The van der Waals surface area contributed by atoms with Crippen molar-refractivity contribution in [3.8, 4) is 0 Å². The summed E-state index contributed by atoms with van der Waals surface area (Å²) in [6, 6.07) is 7.74. The van der Waals surface area contributed by atoms with Gasteiger partial charge < -0.3 is 10.4 Å². The van der Waals surface area contributed by atoms with E-state index in [0.29, 0.717) is 17.9 Å². The minimum atomic E-state index is -0.932. The maximum absolute atomic E-state index is 12.9. The summed E-state index contributed by atoms with van der Waals surface area (Å²) in [5.41, 5.74) is 1.19. The van der Waals surface area contributed by atoms with Gasteiger partial charge in [0, 0.05) is 18.5 Å². The number of aryl methyl sites for hydroxylation is 1. The Morgan fingerprint density at radius 2 is 1.92 bits per heavy atom. The van der Waals surface area contributed by atoms with E-state index >= 15 is 0 Å². The molecule has 134 valence electrons. The molecule has 0 bridgehead atoms. The Bertz CT molecular complexity index is 917. The molecule has 0 fully saturated rings. The van der Waals surface area contributed by atoms with Gasteiger partial charge >= 0.3 is 5.97 Å². The van der Waals surface area contributed by atoms with Crippen LogP contribution in [0.1, 0.15) is 22.3 Å². The molecule has 0 radical (unpaired) electrons. The number of amides is 1. The predicted octanol–water partition coefficient (Wildman–Crippen LogP) is 1.99. The molecule has 2 aromatic heterocycles. The average Bonchev–Trinajstić information content (AvgIpc) is 3.24. The van der Waals surface area contributed by atoms with Gasteiger partial charge in [0.15, 0.2) is 5.82 Å². The van der Waals surface area contributed by atoms with Gasteiger partial charge in [0.1, 0.15) is 5.82 Å². The lowest BCUT2D eigenvalue weighted by Gasteiger charge is -2.02.